The smallest absolute Gasteiger partial charge is 0.471 e. The number of aromatic nitrogens is 1. The number of likely N-dealkylation sites (tertiary alicyclic amines) is 1. The van der Waals surface area contributed by atoms with Crippen LogP contribution in [0.25, 0.3) is 0 Å². The van der Waals surface area contributed by atoms with Crippen LogP contribution in [0.3, 0.4) is 0 Å². The Labute approximate surface area is 105 Å². The molecule has 0 bridgehead atoms. The van der Waals surface area contributed by atoms with E-state index in [1.54, 1.807) is 6.07 Å². The number of rotatable bonds is 2. The van der Waals surface area contributed by atoms with Gasteiger partial charge in [0.15, 0.2) is 0 Å². The molecule has 8 heteroatoms. The average Bonchev–Trinajstić information content (AvgIpc) is 2.23. The predicted octanol–water partition coefficient (Wildman–Crippen LogP) is 1.89. The van der Waals surface area contributed by atoms with E-state index in [1.165, 1.54) is 12.3 Å². The summed E-state index contributed by atoms with van der Waals surface area (Å²) in [6.07, 6.45) is -3.93. The molecule has 0 aromatic carbocycles. The van der Waals surface area contributed by atoms with Crippen molar-refractivity contribution in [2.75, 3.05) is 13.1 Å². The maximum Gasteiger partial charge on any atom is 0.471 e. The molecule has 1 aliphatic rings. The van der Waals surface area contributed by atoms with Gasteiger partial charge in [0, 0.05) is 12.3 Å². The molecule has 0 N–H and O–H groups in total. The molecule has 0 atom stereocenters. The standard InChI is InChI=1S/C10H8ClF3N2O2/c11-6-1-2-8(15-3-6)18-7-4-16(5-7)9(17)10(12,13)14/h1-3,7H,4-5H2. The molecule has 0 spiro atoms. The van der Waals surface area contributed by atoms with Crippen LogP contribution < -0.4 is 4.74 Å². The Balaban J connectivity index is 1.83. The van der Waals surface area contributed by atoms with Crippen LogP contribution in [0.4, 0.5) is 13.2 Å². The third-order valence-corrected chi connectivity index (χ3v) is 2.59. The predicted molar refractivity (Wildman–Crippen MR) is 56.3 cm³/mol. The molecule has 1 amide bonds. The third-order valence-electron chi connectivity index (χ3n) is 2.37. The number of nitrogens with zero attached hydrogens (tertiary/aromatic N) is 2. The summed E-state index contributed by atoms with van der Waals surface area (Å²) in [6, 6.07) is 3.07. The number of amides is 1. The Hall–Kier alpha value is -1.50. The van der Waals surface area contributed by atoms with Gasteiger partial charge in [-0.2, -0.15) is 13.2 Å². The lowest BCUT2D eigenvalue weighted by Gasteiger charge is -2.38. The van der Waals surface area contributed by atoms with E-state index < -0.39 is 18.2 Å². The summed E-state index contributed by atoms with van der Waals surface area (Å²) in [5, 5.41) is 0.435. The molecule has 0 saturated carbocycles. The Morgan fingerprint density at radius 1 is 1.44 bits per heavy atom. The number of pyridine rings is 1. The highest BCUT2D eigenvalue weighted by atomic mass is 35.5. The number of hydrogen-bond acceptors (Lipinski definition) is 3. The SMILES string of the molecule is O=C(N1CC(Oc2ccc(Cl)cn2)C1)C(F)(F)F. The fraction of sp³-hybridized carbons (Fsp3) is 0.400. The van der Waals surface area contributed by atoms with Crippen molar-refractivity contribution >= 4 is 17.5 Å². The van der Waals surface area contributed by atoms with Gasteiger partial charge in [-0.25, -0.2) is 4.98 Å². The lowest BCUT2D eigenvalue weighted by Crippen LogP contribution is -2.59. The first kappa shape index (κ1) is 12.9. The van der Waals surface area contributed by atoms with Crippen molar-refractivity contribution in [3.8, 4) is 5.88 Å². The van der Waals surface area contributed by atoms with Crippen molar-refractivity contribution in [1.29, 1.82) is 0 Å². The first-order valence-corrected chi connectivity index (χ1v) is 5.38. The molecule has 1 saturated heterocycles. The summed E-state index contributed by atoms with van der Waals surface area (Å²) in [5.41, 5.74) is 0. The normalized spacial score (nSPS) is 16.3. The number of carbonyl (C=O) groups excluding carboxylic acids is 1. The Morgan fingerprint density at radius 3 is 2.61 bits per heavy atom. The monoisotopic (exact) mass is 280 g/mol. The van der Waals surface area contributed by atoms with Gasteiger partial charge in [0.25, 0.3) is 0 Å². The highest BCUT2D eigenvalue weighted by molar-refractivity contribution is 6.30. The molecule has 18 heavy (non-hydrogen) atoms. The van der Waals surface area contributed by atoms with E-state index in [1.807, 2.05) is 0 Å². The van der Waals surface area contributed by atoms with Crippen LogP contribution in [-0.4, -0.2) is 41.2 Å². The molecule has 2 rings (SSSR count). The van der Waals surface area contributed by atoms with Gasteiger partial charge in [-0.1, -0.05) is 11.6 Å². The van der Waals surface area contributed by atoms with Gasteiger partial charge < -0.3 is 9.64 Å². The lowest BCUT2D eigenvalue weighted by molar-refractivity contribution is -0.193. The molecular formula is C10H8ClF3N2O2. The van der Waals surface area contributed by atoms with E-state index in [2.05, 4.69) is 4.98 Å². The number of ether oxygens (including phenoxy) is 1. The number of halogens is 4. The molecule has 0 unspecified atom stereocenters. The van der Waals surface area contributed by atoms with Crippen molar-refractivity contribution in [3.05, 3.63) is 23.4 Å². The molecular weight excluding hydrogens is 273 g/mol. The van der Waals surface area contributed by atoms with Gasteiger partial charge in [0.05, 0.1) is 18.1 Å². The van der Waals surface area contributed by atoms with E-state index in [4.69, 9.17) is 16.3 Å². The van der Waals surface area contributed by atoms with Gasteiger partial charge in [-0.05, 0) is 6.07 Å². The summed E-state index contributed by atoms with van der Waals surface area (Å²) in [7, 11) is 0. The zero-order valence-corrected chi connectivity index (χ0v) is 9.70. The highest BCUT2D eigenvalue weighted by Gasteiger charge is 2.47. The summed E-state index contributed by atoms with van der Waals surface area (Å²) in [4.78, 5) is 15.3. The first-order valence-electron chi connectivity index (χ1n) is 5.00. The van der Waals surface area contributed by atoms with Crippen LogP contribution in [0.5, 0.6) is 5.88 Å². The molecule has 1 aromatic rings. The van der Waals surface area contributed by atoms with Crippen LogP contribution in [0.2, 0.25) is 5.02 Å². The second-order valence-electron chi connectivity index (χ2n) is 3.76. The van der Waals surface area contributed by atoms with Gasteiger partial charge in [-0.3, -0.25) is 4.79 Å². The van der Waals surface area contributed by atoms with Crippen LogP contribution in [-0.2, 0) is 4.79 Å². The van der Waals surface area contributed by atoms with E-state index in [0.29, 0.717) is 9.92 Å². The van der Waals surface area contributed by atoms with Crippen molar-refractivity contribution in [3.63, 3.8) is 0 Å². The van der Waals surface area contributed by atoms with Crippen LogP contribution in [0.1, 0.15) is 0 Å². The molecule has 98 valence electrons. The van der Waals surface area contributed by atoms with E-state index in [-0.39, 0.29) is 19.0 Å². The molecule has 0 aliphatic carbocycles. The van der Waals surface area contributed by atoms with Crippen LogP contribution >= 0.6 is 11.6 Å². The third kappa shape index (κ3) is 2.84. The van der Waals surface area contributed by atoms with Crippen molar-refractivity contribution < 1.29 is 22.7 Å². The fourth-order valence-corrected chi connectivity index (χ4v) is 1.57. The summed E-state index contributed by atoms with van der Waals surface area (Å²) in [6.45, 7) is -0.189. The van der Waals surface area contributed by atoms with Gasteiger partial charge in [0.2, 0.25) is 5.88 Å². The second kappa shape index (κ2) is 4.64. The van der Waals surface area contributed by atoms with Gasteiger partial charge in [-0.15, -0.1) is 0 Å². The fourth-order valence-electron chi connectivity index (χ4n) is 1.46. The minimum absolute atomic E-state index is 0.0946. The lowest BCUT2D eigenvalue weighted by atomic mass is 10.1. The van der Waals surface area contributed by atoms with Crippen molar-refractivity contribution in [2.24, 2.45) is 0 Å². The molecule has 1 fully saturated rings. The molecule has 1 aliphatic heterocycles. The minimum atomic E-state index is -4.83. The zero-order chi connectivity index (χ0) is 13.3. The molecule has 0 radical (unpaired) electrons. The Bertz CT molecular complexity index is 443. The van der Waals surface area contributed by atoms with Crippen LogP contribution in [0, 0.1) is 0 Å². The van der Waals surface area contributed by atoms with Crippen molar-refractivity contribution in [2.45, 2.75) is 12.3 Å². The van der Waals surface area contributed by atoms with Gasteiger partial charge in [0.1, 0.15) is 6.10 Å². The Kier molecular flexibility index (Phi) is 3.34. The number of hydrogen-bond donors (Lipinski definition) is 0. The quantitative estimate of drug-likeness (QED) is 0.831. The first-order chi connectivity index (χ1) is 8.36. The summed E-state index contributed by atoms with van der Waals surface area (Å²) >= 11 is 5.62. The zero-order valence-electron chi connectivity index (χ0n) is 8.95. The van der Waals surface area contributed by atoms with E-state index in [9.17, 15) is 18.0 Å². The minimum Gasteiger partial charge on any atom is -0.471 e. The van der Waals surface area contributed by atoms with E-state index >= 15 is 0 Å². The van der Waals surface area contributed by atoms with E-state index in [0.717, 1.165) is 0 Å². The van der Waals surface area contributed by atoms with Crippen molar-refractivity contribution in [1.82, 2.24) is 9.88 Å². The molecule has 2 heterocycles. The maximum absolute atomic E-state index is 12.1. The number of carbonyl (C=O) groups is 1. The van der Waals surface area contributed by atoms with Gasteiger partial charge >= 0.3 is 12.1 Å². The largest absolute Gasteiger partial charge is 0.471 e. The topological polar surface area (TPSA) is 42.4 Å². The molecule has 4 nitrogen and oxygen atoms in total. The summed E-state index contributed by atoms with van der Waals surface area (Å²) < 4.78 is 41.4. The average molecular weight is 281 g/mol. The maximum atomic E-state index is 12.1. The van der Waals surface area contributed by atoms with Crippen LogP contribution in [0.15, 0.2) is 18.3 Å². The second-order valence-corrected chi connectivity index (χ2v) is 4.20. The Morgan fingerprint density at radius 2 is 2.11 bits per heavy atom. The summed E-state index contributed by atoms with van der Waals surface area (Å²) in [5.74, 6) is -1.57. The molecule has 1 aromatic heterocycles. The highest BCUT2D eigenvalue weighted by Crippen LogP contribution is 2.24. The number of alkyl halides is 3.